The van der Waals surface area contributed by atoms with Gasteiger partial charge in [-0.1, -0.05) is 31.5 Å². The van der Waals surface area contributed by atoms with Crippen molar-refractivity contribution in [2.24, 2.45) is 0 Å². The van der Waals surface area contributed by atoms with Crippen LogP contribution in [0, 0.1) is 0 Å². The topological polar surface area (TPSA) is 56.8 Å². The van der Waals surface area contributed by atoms with Crippen LogP contribution in [0.4, 0.5) is 5.69 Å². The molecule has 0 fully saturated rings. The highest BCUT2D eigenvalue weighted by Crippen LogP contribution is 2.18. The van der Waals surface area contributed by atoms with Crippen molar-refractivity contribution in [1.82, 2.24) is 0 Å². The van der Waals surface area contributed by atoms with Crippen LogP contribution in [-0.4, -0.2) is 25.7 Å². The number of carbonyl (C=O) groups excluding carboxylic acids is 1. The van der Waals surface area contributed by atoms with Crippen LogP contribution < -0.4 is 19.5 Å². The molecule has 156 valence electrons. The lowest BCUT2D eigenvalue weighted by molar-refractivity contribution is 0.102. The Morgan fingerprint density at radius 2 is 1.23 bits per heavy atom. The molecule has 30 heavy (non-hydrogen) atoms. The smallest absolute Gasteiger partial charge is 0.255 e. The van der Waals surface area contributed by atoms with Gasteiger partial charge in [0.25, 0.3) is 5.91 Å². The fourth-order valence-electron chi connectivity index (χ4n) is 2.71. The summed E-state index contributed by atoms with van der Waals surface area (Å²) in [6, 6.07) is 24.0. The molecule has 0 saturated heterocycles. The first-order chi connectivity index (χ1) is 14.7. The van der Waals surface area contributed by atoms with Crippen LogP contribution in [0.2, 0.25) is 0 Å². The van der Waals surface area contributed by atoms with Crippen molar-refractivity contribution in [3.8, 4) is 17.2 Å². The van der Waals surface area contributed by atoms with E-state index < -0.39 is 0 Å². The van der Waals surface area contributed by atoms with Crippen LogP contribution in [0.25, 0.3) is 0 Å². The molecule has 0 saturated carbocycles. The molecule has 0 radical (unpaired) electrons. The Balaban J connectivity index is 1.43. The van der Waals surface area contributed by atoms with Gasteiger partial charge in [0.15, 0.2) is 0 Å². The second-order valence-electron chi connectivity index (χ2n) is 6.71. The van der Waals surface area contributed by atoms with E-state index in [1.54, 1.807) is 24.3 Å². The van der Waals surface area contributed by atoms with Gasteiger partial charge in [0.05, 0.1) is 6.61 Å². The zero-order valence-corrected chi connectivity index (χ0v) is 17.2. The largest absolute Gasteiger partial charge is 0.494 e. The van der Waals surface area contributed by atoms with Crippen molar-refractivity contribution in [3.63, 3.8) is 0 Å². The van der Waals surface area contributed by atoms with E-state index in [9.17, 15) is 4.79 Å². The molecule has 0 aliphatic carbocycles. The average molecular weight is 405 g/mol. The maximum atomic E-state index is 12.4. The van der Waals surface area contributed by atoms with Crippen LogP contribution in [0.3, 0.4) is 0 Å². The van der Waals surface area contributed by atoms with Crippen LogP contribution in [0.15, 0.2) is 78.9 Å². The number of amides is 1. The van der Waals surface area contributed by atoms with Gasteiger partial charge in [-0.2, -0.15) is 0 Å². The van der Waals surface area contributed by atoms with E-state index in [2.05, 4.69) is 12.2 Å². The Morgan fingerprint density at radius 3 is 1.83 bits per heavy atom. The summed E-state index contributed by atoms with van der Waals surface area (Å²) in [5.74, 6) is 2.14. The minimum atomic E-state index is -0.173. The molecule has 3 rings (SSSR count). The molecule has 3 aromatic carbocycles. The molecule has 0 heterocycles. The summed E-state index contributed by atoms with van der Waals surface area (Å²) in [5, 5.41) is 2.89. The van der Waals surface area contributed by atoms with E-state index in [0.29, 0.717) is 31.1 Å². The molecule has 0 unspecified atom stereocenters. The first-order valence-electron chi connectivity index (χ1n) is 10.2. The van der Waals surface area contributed by atoms with Crippen LogP contribution in [0.1, 0.15) is 30.1 Å². The van der Waals surface area contributed by atoms with Gasteiger partial charge in [0.1, 0.15) is 30.5 Å². The van der Waals surface area contributed by atoms with Crippen molar-refractivity contribution >= 4 is 11.6 Å². The van der Waals surface area contributed by atoms with E-state index in [1.807, 2.05) is 54.6 Å². The Kier molecular flexibility index (Phi) is 8.15. The Bertz CT molecular complexity index is 893. The Hall–Kier alpha value is -3.47. The SMILES string of the molecule is CCCCOc1ccc(NC(=O)c2ccc(OCCOc3ccccc3)cc2)cc1. The van der Waals surface area contributed by atoms with E-state index in [4.69, 9.17) is 14.2 Å². The molecular weight excluding hydrogens is 378 g/mol. The standard InChI is InChI=1S/C25H27NO4/c1-2-3-17-28-24-15-11-21(12-16-24)26-25(27)20-9-13-23(14-10-20)30-19-18-29-22-7-5-4-6-8-22/h4-16H,2-3,17-19H2,1H3,(H,26,27). The van der Waals surface area contributed by atoms with Crippen molar-refractivity contribution < 1.29 is 19.0 Å². The lowest BCUT2D eigenvalue weighted by Crippen LogP contribution is -2.12. The van der Waals surface area contributed by atoms with Crippen molar-refractivity contribution in [1.29, 1.82) is 0 Å². The van der Waals surface area contributed by atoms with E-state index in [1.165, 1.54) is 0 Å². The number of anilines is 1. The average Bonchev–Trinajstić information content (AvgIpc) is 2.79. The minimum Gasteiger partial charge on any atom is -0.494 e. The van der Waals surface area contributed by atoms with E-state index in [-0.39, 0.29) is 5.91 Å². The summed E-state index contributed by atoms with van der Waals surface area (Å²) in [4.78, 5) is 12.4. The van der Waals surface area contributed by atoms with Gasteiger partial charge in [-0.15, -0.1) is 0 Å². The lowest BCUT2D eigenvalue weighted by atomic mass is 10.2. The number of unbranched alkanes of at least 4 members (excludes halogenated alkanes) is 1. The van der Waals surface area contributed by atoms with Gasteiger partial charge in [-0.3, -0.25) is 4.79 Å². The molecule has 3 aromatic rings. The molecule has 0 bridgehead atoms. The molecule has 0 spiro atoms. The van der Waals surface area contributed by atoms with Crippen molar-refractivity contribution in [2.75, 3.05) is 25.1 Å². The quantitative estimate of drug-likeness (QED) is 0.423. The molecule has 1 amide bonds. The van der Waals surface area contributed by atoms with Gasteiger partial charge < -0.3 is 19.5 Å². The summed E-state index contributed by atoms with van der Waals surface area (Å²) in [7, 11) is 0. The van der Waals surface area contributed by atoms with Crippen molar-refractivity contribution in [2.45, 2.75) is 19.8 Å². The molecule has 0 aromatic heterocycles. The van der Waals surface area contributed by atoms with Gasteiger partial charge in [0, 0.05) is 11.3 Å². The predicted molar refractivity (Wildman–Crippen MR) is 119 cm³/mol. The summed E-state index contributed by atoms with van der Waals surface area (Å²) in [6.07, 6.45) is 2.12. The highest BCUT2D eigenvalue weighted by molar-refractivity contribution is 6.04. The first kappa shape index (κ1) is 21.2. The normalized spacial score (nSPS) is 10.3. The third-order valence-corrected chi connectivity index (χ3v) is 4.36. The fraction of sp³-hybridized carbons (Fsp3) is 0.240. The molecule has 1 N–H and O–H groups in total. The van der Waals surface area contributed by atoms with Gasteiger partial charge in [-0.05, 0) is 67.1 Å². The third-order valence-electron chi connectivity index (χ3n) is 4.36. The molecule has 0 aliphatic rings. The zero-order valence-electron chi connectivity index (χ0n) is 17.2. The van der Waals surface area contributed by atoms with Crippen LogP contribution >= 0.6 is 0 Å². The first-order valence-corrected chi connectivity index (χ1v) is 10.2. The summed E-state index contributed by atoms with van der Waals surface area (Å²) in [6.45, 7) is 3.70. The summed E-state index contributed by atoms with van der Waals surface area (Å²) >= 11 is 0. The number of rotatable bonds is 11. The molecule has 5 nitrogen and oxygen atoms in total. The van der Waals surface area contributed by atoms with Crippen LogP contribution in [-0.2, 0) is 0 Å². The van der Waals surface area contributed by atoms with Gasteiger partial charge in [-0.25, -0.2) is 0 Å². The third kappa shape index (κ3) is 6.85. The second kappa shape index (κ2) is 11.5. The number of carbonyl (C=O) groups is 1. The number of benzene rings is 3. The molecule has 0 aliphatic heterocycles. The minimum absolute atomic E-state index is 0.173. The second-order valence-corrected chi connectivity index (χ2v) is 6.71. The highest BCUT2D eigenvalue weighted by Gasteiger charge is 2.07. The maximum Gasteiger partial charge on any atom is 0.255 e. The fourth-order valence-corrected chi connectivity index (χ4v) is 2.71. The maximum absolute atomic E-state index is 12.4. The molecular formula is C25H27NO4. The zero-order chi connectivity index (χ0) is 21.0. The predicted octanol–water partition coefficient (Wildman–Crippen LogP) is 5.58. The molecule has 5 heteroatoms. The Morgan fingerprint density at radius 1 is 0.700 bits per heavy atom. The van der Waals surface area contributed by atoms with Crippen LogP contribution in [0.5, 0.6) is 17.2 Å². The number of hydrogen-bond acceptors (Lipinski definition) is 4. The summed E-state index contributed by atoms with van der Waals surface area (Å²) < 4.78 is 16.9. The Labute approximate surface area is 177 Å². The molecule has 0 atom stereocenters. The number of nitrogens with one attached hydrogen (secondary N) is 1. The number of ether oxygens (including phenoxy) is 3. The monoisotopic (exact) mass is 405 g/mol. The lowest BCUT2D eigenvalue weighted by Gasteiger charge is -2.10. The number of hydrogen-bond donors (Lipinski definition) is 1. The number of para-hydroxylation sites is 1. The van der Waals surface area contributed by atoms with E-state index >= 15 is 0 Å². The highest BCUT2D eigenvalue weighted by atomic mass is 16.5. The van der Waals surface area contributed by atoms with E-state index in [0.717, 1.165) is 30.0 Å². The van der Waals surface area contributed by atoms with Gasteiger partial charge in [0.2, 0.25) is 0 Å². The van der Waals surface area contributed by atoms with Gasteiger partial charge >= 0.3 is 0 Å². The van der Waals surface area contributed by atoms with Crippen molar-refractivity contribution in [3.05, 3.63) is 84.4 Å². The summed E-state index contributed by atoms with van der Waals surface area (Å²) in [5.41, 5.74) is 1.28.